The second-order valence-electron chi connectivity index (χ2n) is 4.89. The number of carbonyl (C=O) groups is 1. The zero-order valence-corrected chi connectivity index (χ0v) is 13.8. The van der Waals surface area contributed by atoms with E-state index in [1.165, 1.54) is 12.4 Å². The monoisotopic (exact) mass is 358 g/mol. The van der Waals surface area contributed by atoms with Gasteiger partial charge in [0.25, 0.3) is 5.91 Å². The number of hydrogen-bond acceptors (Lipinski definition) is 4. The molecule has 2 N–H and O–H groups in total. The maximum Gasteiger partial charge on any atom is 0.258 e. The molecule has 1 aromatic heterocycles. The van der Waals surface area contributed by atoms with E-state index in [0.29, 0.717) is 27.2 Å². The summed E-state index contributed by atoms with van der Waals surface area (Å²) < 4.78 is 0. The minimum absolute atomic E-state index is 0.310. The van der Waals surface area contributed by atoms with Gasteiger partial charge in [0.05, 0.1) is 5.56 Å². The highest BCUT2D eigenvalue weighted by atomic mass is 35.5. The average Bonchev–Trinajstić information content (AvgIpc) is 2.57. The Morgan fingerprint density at radius 2 is 1.58 bits per heavy atom. The number of benzene rings is 2. The van der Waals surface area contributed by atoms with Crippen LogP contribution in [0.4, 0.5) is 17.3 Å². The van der Waals surface area contributed by atoms with E-state index in [4.69, 9.17) is 23.2 Å². The Kier molecular flexibility index (Phi) is 4.93. The van der Waals surface area contributed by atoms with Crippen LogP contribution < -0.4 is 10.6 Å². The first-order chi connectivity index (χ1) is 11.6. The second kappa shape index (κ2) is 7.29. The number of hydrogen-bond donors (Lipinski definition) is 2. The van der Waals surface area contributed by atoms with E-state index < -0.39 is 0 Å². The number of carbonyl (C=O) groups excluding carboxylic acids is 1. The molecule has 0 bridgehead atoms. The maximum atomic E-state index is 12.2. The lowest BCUT2D eigenvalue weighted by Crippen LogP contribution is -2.13. The van der Waals surface area contributed by atoms with Crippen molar-refractivity contribution >= 4 is 46.4 Å². The van der Waals surface area contributed by atoms with E-state index in [1.807, 2.05) is 12.1 Å². The molecule has 0 spiro atoms. The molecule has 0 fully saturated rings. The van der Waals surface area contributed by atoms with Crippen molar-refractivity contribution in [1.82, 2.24) is 9.97 Å². The van der Waals surface area contributed by atoms with Gasteiger partial charge in [0.2, 0.25) is 5.95 Å². The van der Waals surface area contributed by atoms with Gasteiger partial charge >= 0.3 is 0 Å². The minimum atomic E-state index is -0.310. The summed E-state index contributed by atoms with van der Waals surface area (Å²) in [7, 11) is 0. The summed E-state index contributed by atoms with van der Waals surface area (Å²) >= 11 is 11.7. The molecule has 1 amide bonds. The number of anilines is 3. The molecule has 24 heavy (non-hydrogen) atoms. The van der Waals surface area contributed by atoms with Gasteiger partial charge in [-0.1, -0.05) is 29.3 Å². The van der Waals surface area contributed by atoms with Crippen molar-refractivity contribution in [3.8, 4) is 0 Å². The Labute approximate surface area is 148 Å². The summed E-state index contributed by atoms with van der Waals surface area (Å²) in [4.78, 5) is 20.4. The van der Waals surface area contributed by atoms with E-state index in [0.717, 1.165) is 5.69 Å². The lowest BCUT2D eigenvalue weighted by atomic mass is 10.3. The summed E-state index contributed by atoms with van der Waals surface area (Å²) in [5.41, 5.74) is 1.75. The Morgan fingerprint density at radius 1 is 0.875 bits per heavy atom. The third-order valence-corrected chi connectivity index (χ3v) is 3.58. The fourth-order valence-corrected chi connectivity index (χ4v) is 2.26. The molecule has 7 heteroatoms. The minimum Gasteiger partial charge on any atom is -0.324 e. The zero-order valence-electron chi connectivity index (χ0n) is 12.3. The van der Waals surface area contributed by atoms with Gasteiger partial charge in [0.1, 0.15) is 0 Å². The van der Waals surface area contributed by atoms with E-state index in [9.17, 15) is 4.79 Å². The summed E-state index contributed by atoms with van der Waals surface area (Å²) in [6.45, 7) is 0. The van der Waals surface area contributed by atoms with Gasteiger partial charge in [-0.3, -0.25) is 4.79 Å². The fraction of sp³-hybridized carbons (Fsp3) is 0. The summed E-state index contributed by atoms with van der Waals surface area (Å²) in [6.07, 6.45) is 2.90. The van der Waals surface area contributed by atoms with Crippen molar-refractivity contribution in [1.29, 1.82) is 0 Å². The lowest BCUT2D eigenvalue weighted by Gasteiger charge is -2.07. The van der Waals surface area contributed by atoms with Gasteiger partial charge in [0, 0.05) is 33.8 Å². The van der Waals surface area contributed by atoms with Crippen molar-refractivity contribution in [2.24, 2.45) is 0 Å². The second-order valence-corrected chi connectivity index (χ2v) is 5.76. The highest BCUT2D eigenvalue weighted by molar-refractivity contribution is 6.31. The van der Waals surface area contributed by atoms with Crippen LogP contribution in [0.15, 0.2) is 60.9 Å². The highest BCUT2D eigenvalue weighted by Crippen LogP contribution is 2.17. The molecule has 0 saturated carbocycles. The Bertz CT molecular complexity index is 851. The molecule has 0 aliphatic carbocycles. The Hall–Kier alpha value is -2.63. The number of rotatable bonds is 4. The van der Waals surface area contributed by atoms with Gasteiger partial charge in [-0.2, -0.15) is 0 Å². The quantitative estimate of drug-likeness (QED) is 0.704. The third-order valence-electron chi connectivity index (χ3n) is 3.10. The van der Waals surface area contributed by atoms with Crippen LogP contribution in [0.2, 0.25) is 10.0 Å². The molecule has 5 nitrogen and oxygen atoms in total. The standard InChI is InChI=1S/C17H12Cl2N4O/c18-12-4-6-14(7-5-12)23-17-20-9-11(10-21-17)16(24)22-15-3-1-2-13(19)8-15/h1-10H,(H,22,24)(H,20,21,23). The molecule has 3 aromatic rings. The molecular formula is C17H12Cl2N4O. The van der Waals surface area contributed by atoms with Crippen LogP contribution in [0, 0.1) is 0 Å². The first-order valence-electron chi connectivity index (χ1n) is 7.02. The van der Waals surface area contributed by atoms with Crippen molar-refractivity contribution in [3.05, 3.63) is 76.5 Å². The fourth-order valence-electron chi connectivity index (χ4n) is 1.94. The van der Waals surface area contributed by atoms with Crippen LogP contribution in [0.3, 0.4) is 0 Å². The first-order valence-corrected chi connectivity index (χ1v) is 7.77. The summed E-state index contributed by atoms with van der Waals surface area (Å²) in [5, 5.41) is 6.96. The van der Waals surface area contributed by atoms with Crippen molar-refractivity contribution in [3.63, 3.8) is 0 Å². The Balaban J connectivity index is 1.67. The van der Waals surface area contributed by atoms with Crippen molar-refractivity contribution in [2.75, 3.05) is 10.6 Å². The van der Waals surface area contributed by atoms with Crippen molar-refractivity contribution < 1.29 is 4.79 Å². The van der Waals surface area contributed by atoms with Crippen LogP contribution in [0.25, 0.3) is 0 Å². The highest BCUT2D eigenvalue weighted by Gasteiger charge is 2.08. The van der Waals surface area contributed by atoms with Crippen LogP contribution >= 0.6 is 23.2 Å². The van der Waals surface area contributed by atoms with Crippen LogP contribution in [0.1, 0.15) is 10.4 Å². The predicted octanol–water partition coefficient (Wildman–Crippen LogP) is 4.78. The SMILES string of the molecule is O=C(Nc1cccc(Cl)c1)c1cnc(Nc2ccc(Cl)cc2)nc1. The van der Waals surface area contributed by atoms with E-state index in [-0.39, 0.29) is 5.91 Å². The van der Waals surface area contributed by atoms with E-state index >= 15 is 0 Å². The average molecular weight is 359 g/mol. The molecule has 0 aliphatic heterocycles. The van der Waals surface area contributed by atoms with Crippen LogP contribution in [-0.4, -0.2) is 15.9 Å². The number of amides is 1. The molecule has 2 aromatic carbocycles. The Morgan fingerprint density at radius 3 is 2.25 bits per heavy atom. The summed E-state index contributed by atoms with van der Waals surface area (Å²) in [5.74, 6) is 0.0759. The molecule has 1 heterocycles. The lowest BCUT2D eigenvalue weighted by molar-refractivity contribution is 0.102. The van der Waals surface area contributed by atoms with E-state index in [2.05, 4.69) is 20.6 Å². The van der Waals surface area contributed by atoms with Gasteiger partial charge in [-0.15, -0.1) is 0 Å². The normalized spacial score (nSPS) is 10.2. The number of nitrogens with one attached hydrogen (secondary N) is 2. The maximum absolute atomic E-state index is 12.2. The van der Waals surface area contributed by atoms with Gasteiger partial charge < -0.3 is 10.6 Å². The molecule has 0 saturated heterocycles. The largest absolute Gasteiger partial charge is 0.324 e. The topological polar surface area (TPSA) is 66.9 Å². The molecular weight excluding hydrogens is 347 g/mol. The summed E-state index contributed by atoms with van der Waals surface area (Å²) in [6, 6.07) is 14.0. The van der Waals surface area contributed by atoms with Crippen LogP contribution in [0.5, 0.6) is 0 Å². The predicted molar refractivity (Wildman–Crippen MR) is 96.2 cm³/mol. The molecule has 0 atom stereocenters. The van der Waals surface area contributed by atoms with Gasteiger partial charge in [-0.25, -0.2) is 9.97 Å². The molecule has 120 valence electrons. The number of nitrogens with zero attached hydrogens (tertiary/aromatic N) is 2. The first kappa shape index (κ1) is 16.2. The smallest absolute Gasteiger partial charge is 0.258 e. The molecule has 0 unspecified atom stereocenters. The molecule has 0 aliphatic rings. The van der Waals surface area contributed by atoms with Gasteiger partial charge in [0.15, 0.2) is 0 Å². The number of halogens is 2. The zero-order chi connectivity index (χ0) is 16.9. The third kappa shape index (κ3) is 4.22. The molecule has 0 radical (unpaired) electrons. The number of aromatic nitrogens is 2. The van der Waals surface area contributed by atoms with E-state index in [1.54, 1.807) is 36.4 Å². The van der Waals surface area contributed by atoms with Crippen LogP contribution in [-0.2, 0) is 0 Å². The molecule has 3 rings (SSSR count). The van der Waals surface area contributed by atoms with Gasteiger partial charge in [-0.05, 0) is 42.5 Å². The van der Waals surface area contributed by atoms with Crippen molar-refractivity contribution in [2.45, 2.75) is 0 Å².